The van der Waals surface area contributed by atoms with E-state index in [1.54, 1.807) is 13.0 Å². The van der Waals surface area contributed by atoms with Crippen LogP contribution in [0.2, 0.25) is 0 Å². The van der Waals surface area contributed by atoms with Gasteiger partial charge in [0.1, 0.15) is 24.1 Å². The number of rotatable bonds is 11. The lowest BCUT2D eigenvalue weighted by atomic mass is 10.1. The molecule has 0 aliphatic carbocycles. The Kier molecular flexibility index (Phi) is 11.1. The first-order chi connectivity index (χ1) is 16.7. The van der Waals surface area contributed by atoms with Gasteiger partial charge in [0.2, 0.25) is 0 Å². The van der Waals surface area contributed by atoms with Crippen LogP contribution in [0.15, 0.2) is 30.7 Å². The molecule has 192 valence electrons. The van der Waals surface area contributed by atoms with Crippen molar-refractivity contribution in [3.63, 3.8) is 0 Å². The number of alkyl halides is 3. The molecule has 7 nitrogen and oxygen atoms in total. The van der Waals surface area contributed by atoms with E-state index in [1.165, 1.54) is 6.33 Å². The molecule has 0 saturated heterocycles. The summed E-state index contributed by atoms with van der Waals surface area (Å²) in [7, 11) is 3.95. The number of unbranched alkanes of at least 4 members (excludes halogenated alkanes) is 2. The van der Waals surface area contributed by atoms with Gasteiger partial charge in [-0.1, -0.05) is 13.3 Å². The van der Waals surface area contributed by atoms with E-state index < -0.39 is 11.7 Å². The van der Waals surface area contributed by atoms with Gasteiger partial charge in [0.25, 0.3) is 0 Å². The Morgan fingerprint density at radius 3 is 2.57 bits per heavy atom. The second kappa shape index (κ2) is 13.8. The van der Waals surface area contributed by atoms with Crippen molar-refractivity contribution >= 4 is 28.8 Å². The molecule has 3 aromatic rings. The number of nitrogens with one attached hydrogen (secondary N) is 3. The largest absolute Gasteiger partial charge is 0.416 e. The third-order valence-electron chi connectivity index (χ3n) is 5.30. The number of halogens is 3. The Balaban J connectivity index is 0.000000641. The fourth-order valence-corrected chi connectivity index (χ4v) is 3.59. The Morgan fingerprint density at radius 1 is 1.17 bits per heavy atom. The first-order valence-corrected chi connectivity index (χ1v) is 11.7. The molecule has 0 spiro atoms. The minimum Gasteiger partial charge on any atom is -0.346 e. The highest BCUT2D eigenvalue weighted by Gasteiger charge is 2.31. The van der Waals surface area contributed by atoms with Crippen molar-refractivity contribution in [2.45, 2.75) is 52.3 Å². The highest BCUT2D eigenvalue weighted by Crippen LogP contribution is 2.33. The summed E-state index contributed by atoms with van der Waals surface area (Å²) in [6.07, 6.45) is 3.74. The summed E-state index contributed by atoms with van der Waals surface area (Å²) in [6.45, 7) is 6.23. The van der Waals surface area contributed by atoms with Crippen LogP contribution < -0.4 is 10.6 Å². The number of fused-ring (bicyclic) bond motifs is 1. The number of hydrogen-bond donors (Lipinski definition) is 3. The van der Waals surface area contributed by atoms with Crippen molar-refractivity contribution in [1.82, 2.24) is 25.2 Å². The minimum atomic E-state index is -4.40. The van der Waals surface area contributed by atoms with Gasteiger partial charge in [-0.25, -0.2) is 9.97 Å². The number of nitrogens with zero attached hydrogens (tertiary/aromatic N) is 3. The predicted octanol–water partition coefficient (Wildman–Crippen LogP) is 5.45. The van der Waals surface area contributed by atoms with Crippen molar-refractivity contribution in [1.29, 1.82) is 0 Å². The van der Waals surface area contributed by atoms with Crippen LogP contribution >= 0.6 is 0 Å². The Hall–Kier alpha value is -2.98. The SMILES string of the molecule is CCCCC=O.CNCCCN(C)Cc1c[nH]c2ncnc(Nc3cc(C)cc(C(F)(F)F)c3)c12. The zero-order valence-corrected chi connectivity index (χ0v) is 20.8. The van der Waals surface area contributed by atoms with Gasteiger partial charge in [0.15, 0.2) is 0 Å². The summed E-state index contributed by atoms with van der Waals surface area (Å²) in [5, 5.41) is 6.96. The number of carbonyl (C=O) groups excluding carboxylic acids is 1. The van der Waals surface area contributed by atoms with Crippen LogP contribution in [0.5, 0.6) is 0 Å². The molecule has 0 saturated carbocycles. The molecule has 35 heavy (non-hydrogen) atoms. The number of aldehydes is 1. The van der Waals surface area contributed by atoms with Crippen molar-refractivity contribution in [3.05, 3.63) is 47.4 Å². The molecule has 2 aromatic heterocycles. The lowest BCUT2D eigenvalue weighted by molar-refractivity contribution is -0.137. The number of aromatic nitrogens is 3. The maximum Gasteiger partial charge on any atom is 0.416 e. The molecule has 2 heterocycles. The maximum absolute atomic E-state index is 13.2. The second-order valence-electron chi connectivity index (χ2n) is 8.47. The smallest absolute Gasteiger partial charge is 0.346 e. The lowest BCUT2D eigenvalue weighted by Crippen LogP contribution is -2.22. The summed E-state index contributed by atoms with van der Waals surface area (Å²) in [5.74, 6) is 0.480. The Bertz CT molecular complexity index is 1070. The van der Waals surface area contributed by atoms with Crippen LogP contribution in [-0.4, -0.2) is 53.3 Å². The molecule has 0 atom stereocenters. The average Bonchev–Trinajstić information content (AvgIpc) is 3.21. The Labute approximate surface area is 204 Å². The average molecular weight is 493 g/mol. The highest BCUT2D eigenvalue weighted by molar-refractivity contribution is 5.92. The van der Waals surface area contributed by atoms with Crippen molar-refractivity contribution in [2.24, 2.45) is 0 Å². The molecule has 3 N–H and O–H groups in total. The normalized spacial score (nSPS) is 11.4. The van der Waals surface area contributed by atoms with Gasteiger partial charge in [-0.05, 0) is 76.3 Å². The fourth-order valence-electron chi connectivity index (χ4n) is 3.59. The second-order valence-corrected chi connectivity index (χ2v) is 8.47. The van der Waals surface area contributed by atoms with Crippen molar-refractivity contribution < 1.29 is 18.0 Å². The number of H-pyrrole nitrogens is 1. The summed E-state index contributed by atoms with van der Waals surface area (Å²) in [4.78, 5) is 23.4. The first-order valence-electron chi connectivity index (χ1n) is 11.7. The van der Waals surface area contributed by atoms with E-state index in [0.717, 1.165) is 68.1 Å². The number of anilines is 2. The topological polar surface area (TPSA) is 85.9 Å². The van der Waals surface area contributed by atoms with Crippen LogP contribution in [0.4, 0.5) is 24.7 Å². The molecule has 0 radical (unpaired) electrons. The molecule has 0 amide bonds. The number of carbonyl (C=O) groups is 1. The van der Waals surface area contributed by atoms with Gasteiger partial charge in [-0.15, -0.1) is 0 Å². The zero-order valence-electron chi connectivity index (χ0n) is 20.8. The van der Waals surface area contributed by atoms with Gasteiger partial charge in [-0.3, -0.25) is 0 Å². The van der Waals surface area contributed by atoms with Gasteiger partial charge >= 0.3 is 6.18 Å². The number of hydrogen-bond acceptors (Lipinski definition) is 6. The van der Waals surface area contributed by atoms with Crippen molar-refractivity contribution in [2.75, 3.05) is 32.5 Å². The summed E-state index contributed by atoms with van der Waals surface area (Å²) >= 11 is 0. The van der Waals surface area contributed by atoms with Crippen LogP contribution in [0.25, 0.3) is 11.0 Å². The van der Waals surface area contributed by atoms with E-state index >= 15 is 0 Å². The van der Waals surface area contributed by atoms with E-state index in [9.17, 15) is 18.0 Å². The quantitative estimate of drug-likeness (QED) is 0.244. The van der Waals surface area contributed by atoms with Crippen molar-refractivity contribution in [3.8, 4) is 0 Å². The summed E-state index contributed by atoms with van der Waals surface area (Å²) in [6, 6.07) is 3.89. The lowest BCUT2D eigenvalue weighted by Gasteiger charge is -2.17. The summed E-state index contributed by atoms with van der Waals surface area (Å²) < 4.78 is 39.5. The molecular formula is C25H35F3N6O. The van der Waals surface area contributed by atoms with E-state index in [0.29, 0.717) is 29.3 Å². The zero-order chi connectivity index (χ0) is 25.8. The molecule has 3 rings (SSSR count). The molecule has 0 aliphatic rings. The van der Waals surface area contributed by atoms with Gasteiger partial charge in [0, 0.05) is 24.8 Å². The minimum absolute atomic E-state index is 0.340. The Morgan fingerprint density at radius 2 is 1.94 bits per heavy atom. The third kappa shape index (κ3) is 8.95. The van der Waals surface area contributed by atoms with Crippen LogP contribution in [0.3, 0.4) is 0 Å². The standard InChI is InChI=1S/C20H25F3N6.C5H10O/c1-13-7-15(20(21,22)23)9-16(8-13)28-19-17-14(10-25-18(17)26-12-27-19)11-29(3)6-4-5-24-2;1-2-3-4-5-6/h7-10,12,24H,4-6,11H2,1-3H3,(H2,25,26,27,28);5H,2-4H2,1H3. The molecule has 1 aromatic carbocycles. The van der Waals surface area contributed by atoms with E-state index in [1.807, 2.05) is 20.3 Å². The molecule has 0 aliphatic heterocycles. The molecule has 10 heteroatoms. The van der Waals surface area contributed by atoms with E-state index in [-0.39, 0.29) is 0 Å². The maximum atomic E-state index is 13.2. The number of aromatic amines is 1. The molecule has 0 unspecified atom stereocenters. The third-order valence-corrected chi connectivity index (χ3v) is 5.30. The fraction of sp³-hybridized carbons (Fsp3) is 0.480. The monoisotopic (exact) mass is 492 g/mol. The van der Waals surface area contributed by atoms with E-state index in [2.05, 4.69) is 37.4 Å². The van der Waals surface area contributed by atoms with Crippen LogP contribution in [0.1, 0.15) is 49.3 Å². The van der Waals surface area contributed by atoms with Crippen LogP contribution in [0, 0.1) is 6.92 Å². The molecule has 0 bridgehead atoms. The molecule has 0 fully saturated rings. The van der Waals surface area contributed by atoms with Crippen LogP contribution in [-0.2, 0) is 17.5 Å². The van der Waals surface area contributed by atoms with Gasteiger partial charge in [-0.2, -0.15) is 13.2 Å². The van der Waals surface area contributed by atoms with Gasteiger partial charge < -0.3 is 25.3 Å². The predicted molar refractivity (Wildman–Crippen MR) is 134 cm³/mol. The molecular weight excluding hydrogens is 457 g/mol. The van der Waals surface area contributed by atoms with Gasteiger partial charge in [0.05, 0.1) is 10.9 Å². The summed E-state index contributed by atoms with van der Waals surface area (Å²) in [5.41, 5.74) is 1.80. The van der Waals surface area contributed by atoms with E-state index in [4.69, 9.17) is 0 Å². The number of aryl methyl sites for hydroxylation is 1. The highest BCUT2D eigenvalue weighted by atomic mass is 19.4. The first kappa shape index (κ1) is 28.3. The number of benzene rings is 1.